The van der Waals surface area contributed by atoms with Crippen molar-refractivity contribution in [3.63, 3.8) is 0 Å². The molecule has 2 nitrogen and oxygen atoms in total. The predicted octanol–water partition coefficient (Wildman–Crippen LogP) is 2.42. The van der Waals surface area contributed by atoms with Crippen LogP contribution in [0.1, 0.15) is 31.4 Å². The van der Waals surface area contributed by atoms with Gasteiger partial charge in [0.1, 0.15) is 5.82 Å². The monoisotopic (exact) mass is 257 g/mol. The summed E-state index contributed by atoms with van der Waals surface area (Å²) in [6.45, 7) is 2.16. The molecule has 2 aliphatic heterocycles. The minimum atomic E-state index is -0.726. The van der Waals surface area contributed by atoms with E-state index in [1.54, 1.807) is 18.2 Å². The smallest absolute Gasteiger partial charge is 0.129 e. The first kappa shape index (κ1) is 12.8. The van der Waals surface area contributed by atoms with Crippen molar-refractivity contribution >= 4 is 12.4 Å². The summed E-state index contributed by atoms with van der Waals surface area (Å²) in [6, 6.07) is 6.50. The van der Waals surface area contributed by atoms with Crippen molar-refractivity contribution in [3.05, 3.63) is 35.6 Å². The summed E-state index contributed by atoms with van der Waals surface area (Å²) in [7, 11) is 0. The average molecular weight is 258 g/mol. The third-order valence-corrected chi connectivity index (χ3v) is 4.01. The molecule has 2 atom stereocenters. The number of nitrogens with one attached hydrogen (secondary N) is 1. The highest BCUT2D eigenvalue weighted by atomic mass is 35.5. The van der Waals surface area contributed by atoms with Crippen LogP contribution < -0.4 is 5.32 Å². The van der Waals surface area contributed by atoms with E-state index in [1.807, 2.05) is 0 Å². The third kappa shape index (κ3) is 1.96. The summed E-state index contributed by atoms with van der Waals surface area (Å²) in [5.74, 6) is 0.186. The molecule has 1 aromatic rings. The van der Waals surface area contributed by atoms with Crippen LogP contribution >= 0.6 is 12.4 Å². The molecule has 0 aromatic heterocycles. The van der Waals surface area contributed by atoms with Gasteiger partial charge in [-0.25, -0.2) is 4.39 Å². The fraction of sp³-hybridized carbons (Fsp3) is 0.538. The Morgan fingerprint density at radius 2 is 2.06 bits per heavy atom. The quantitative estimate of drug-likeness (QED) is 0.853. The summed E-state index contributed by atoms with van der Waals surface area (Å²) >= 11 is 0. The second-order valence-corrected chi connectivity index (χ2v) is 5.37. The summed E-state index contributed by atoms with van der Waals surface area (Å²) < 4.78 is 13.5. The van der Waals surface area contributed by atoms with Gasteiger partial charge in [0, 0.05) is 17.1 Å². The van der Waals surface area contributed by atoms with Crippen molar-refractivity contribution in [3.8, 4) is 0 Å². The van der Waals surface area contributed by atoms with Crippen molar-refractivity contribution in [2.75, 3.05) is 0 Å². The Labute approximate surface area is 107 Å². The van der Waals surface area contributed by atoms with Gasteiger partial charge < -0.3 is 10.4 Å². The van der Waals surface area contributed by atoms with Crippen molar-refractivity contribution in [2.45, 2.75) is 37.5 Å². The highest BCUT2D eigenvalue weighted by molar-refractivity contribution is 5.85. The minimum absolute atomic E-state index is 0. The maximum atomic E-state index is 13.5. The highest BCUT2D eigenvalue weighted by Gasteiger charge is 2.54. The summed E-state index contributed by atoms with van der Waals surface area (Å²) in [5.41, 5.74) is 0.595. The number of halogens is 2. The zero-order valence-corrected chi connectivity index (χ0v) is 10.5. The summed E-state index contributed by atoms with van der Waals surface area (Å²) in [5, 5.41) is 13.6. The number of aliphatic hydroxyl groups excluding tert-OH is 1. The van der Waals surface area contributed by atoms with Gasteiger partial charge in [-0.1, -0.05) is 18.2 Å². The first-order valence-corrected chi connectivity index (χ1v) is 5.79. The van der Waals surface area contributed by atoms with Crippen molar-refractivity contribution in [1.82, 2.24) is 5.32 Å². The fourth-order valence-electron chi connectivity index (χ4n) is 3.23. The van der Waals surface area contributed by atoms with Crippen LogP contribution in [0.25, 0.3) is 0 Å². The number of rotatable bonds is 2. The molecule has 4 heteroatoms. The topological polar surface area (TPSA) is 32.3 Å². The summed E-state index contributed by atoms with van der Waals surface area (Å²) in [6.07, 6.45) is 1.47. The number of hydrogen-bond acceptors (Lipinski definition) is 2. The lowest BCUT2D eigenvalue weighted by Gasteiger charge is -2.33. The Kier molecular flexibility index (Phi) is 3.19. The fourth-order valence-corrected chi connectivity index (χ4v) is 3.23. The Hall–Kier alpha value is -0.640. The summed E-state index contributed by atoms with van der Waals surface area (Å²) in [4.78, 5) is 0. The lowest BCUT2D eigenvalue weighted by molar-refractivity contribution is 0.118. The van der Waals surface area contributed by atoms with Gasteiger partial charge in [-0.3, -0.25) is 0 Å². The zero-order valence-electron chi connectivity index (χ0n) is 9.69. The second kappa shape index (κ2) is 4.23. The van der Waals surface area contributed by atoms with E-state index in [-0.39, 0.29) is 29.8 Å². The molecule has 0 amide bonds. The predicted molar refractivity (Wildman–Crippen MR) is 66.7 cm³/mol. The molecule has 1 unspecified atom stereocenters. The zero-order chi connectivity index (χ0) is 11.3. The lowest BCUT2D eigenvalue weighted by atomic mass is 9.72. The van der Waals surface area contributed by atoms with Crippen LogP contribution in [0.2, 0.25) is 0 Å². The normalized spacial score (nSPS) is 35.9. The van der Waals surface area contributed by atoms with Gasteiger partial charge in [0.15, 0.2) is 0 Å². The maximum absolute atomic E-state index is 13.5. The molecule has 2 bridgehead atoms. The molecule has 3 fully saturated rings. The molecule has 17 heavy (non-hydrogen) atoms. The van der Waals surface area contributed by atoms with Gasteiger partial charge in [-0.05, 0) is 31.7 Å². The SMILES string of the molecule is CC12CC(C1)C([C@H](O)c1ccccc1F)N2.Cl. The van der Waals surface area contributed by atoms with E-state index in [9.17, 15) is 9.50 Å². The van der Waals surface area contributed by atoms with E-state index >= 15 is 0 Å². The van der Waals surface area contributed by atoms with Gasteiger partial charge in [0.05, 0.1) is 6.10 Å². The van der Waals surface area contributed by atoms with E-state index in [0.717, 1.165) is 12.8 Å². The van der Waals surface area contributed by atoms with Gasteiger partial charge in [0.2, 0.25) is 0 Å². The van der Waals surface area contributed by atoms with Gasteiger partial charge in [-0.2, -0.15) is 0 Å². The largest absolute Gasteiger partial charge is 0.387 e. The molecule has 2 heterocycles. The Bertz CT molecular complexity index is 420. The van der Waals surface area contributed by atoms with Crippen LogP contribution in [0.3, 0.4) is 0 Å². The van der Waals surface area contributed by atoms with E-state index in [4.69, 9.17) is 0 Å². The first-order valence-electron chi connectivity index (χ1n) is 5.79. The standard InChI is InChI=1S/C13H16FNO.ClH/c1-13-6-8(7-13)11(15-13)12(16)9-4-2-3-5-10(9)14;/h2-5,8,11-12,15-16H,6-7H2,1H3;1H/t8?,11?,12-,13?;/m1./s1. The number of aliphatic hydroxyl groups is 1. The second-order valence-electron chi connectivity index (χ2n) is 5.37. The van der Waals surface area contributed by atoms with Crippen LogP contribution in [-0.4, -0.2) is 16.7 Å². The first-order chi connectivity index (χ1) is 7.59. The van der Waals surface area contributed by atoms with Crippen LogP contribution in [0.4, 0.5) is 4.39 Å². The van der Waals surface area contributed by atoms with Gasteiger partial charge in [-0.15, -0.1) is 12.4 Å². The molecular weight excluding hydrogens is 241 g/mol. The molecule has 4 rings (SSSR count). The molecule has 0 radical (unpaired) electrons. The van der Waals surface area contributed by atoms with Crippen molar-refractivity contribution < 1.29 is 9.50 Å². The van der Waals surface area contributed by atoms with Crippen LogP contribution in [0.15, 0.2) is 24.3 Å². The number of fused-ring (bicyclic) bond motifs is 1. The highest BCUT2D eigenvalue weighted by Crippen LogP contribution is 2.50. The number of benzene rings is 1. The molecule has 3 aliphatic rings. The van der Waals surface area contributed by atoms with Crippen molar-refractivity contribution in [1.29, 1.82) is 0 Å². The number of hydrogen-bond donors (Lipinski definition) is 2. The van der Waals surface area contributed by atoms with E-state index in [2.05, 4.69) is 12.2 Å². The molecule has 0 spiro atoms. The Morgan fingerprint density at radius 3 is 2.59 bits per heavy atom. The van der Waals surface area contributed by atoms with Gasteiger partial charge >= 0.3 is 0 Å². The molecule has 2 saturated heterocycles. The third-order valence-electron chi connectivity index (χ3n) is 4.01. The van der Waals surface area contributed by atoms with Crippen molar-refractivity contribution in [2.24, 2.45) is 5.92 Å². The van der Waals surface area contributed by atoms with Crippen LogP contribution in [-0.2, 0) is 0 Å². The van der Waals surface area contributed by atoms with E-state index in [0.29, 0.717) is 11.5 Å². The Balaban J connectivity index is 0.00000108. The molecule has 2 N–H and O–H groups in total. The lowest BCUT2D eigenvalue weighted by Crippen LogP contribution is -2.40. The molecule has 1 saturated carbocycles. The van der Waals surface area contributed by atoms with Crippen LogP contribution in [0.5, 0.6) is 0 Å². The molecular formula is C13H17ClFNO. The van der Waals surface area contributed by atoms with E-state index in [1.165, 1.54) is 6.07 Å². The molecule has 1 aliphatic carbocycles. The minimum Gasteiger partial charge on any atom is -0.387 e. The Morgan fingerprint density at radius 1 is 1.41 bits per heavy atom. The van der Waals surface area contributed by atoms with Gasteiger partial charge in [0.25, 0.3) is 0 Å². The van der Waals surface area contributed by atoms with Crippen LogP contribution in [0, 0.1) is 11.7 Å². The van der Waals surface area contributed by atoms with E-state index < -0.39 is 6.10 Å². The molecule has 94 valence electrons. The average Bonchev–Trinajstić information content (AvgIpc) is 2.71. The molecule has 1 aromatic carbocycles. The maximum Gasteiger partial charge on any atom is 0.129 e.